The highest BCUT2D eigenvalue weighted by Gasteiger charge is 2.30. The van der Waals surface area contributed by atoms with Crippen molar-refractivity contribution in [2.75, 3.05) is 33.4 Å². The van der Waals surface area contributed by atoms with Gasteiger partial charge in [0.2, 0.25) is 0 Å². The van der Waals surface area contributed by atoms with E-state index in [2.05, 4.69) is 4.72 Å². The summed E-state index contributed by atoms with van der Waals surface area (Å²) in [5.74, 6) is 0. The van der Waals surface area contributed by atoms with E-state index in [-0.39, 0.29) is 25.4 Å². The Hall–Kier alpha value is -0.250. The number of hydrogen-bond donors (Lipinski definition) is 2. The maximum absolute atomic E-state index is 12.0. The Morgan fingerprint density at radius 3 is 2.50 bits per heavy atom. The summed E-state index contributed by atoms with van der Waals surface area (Å²) in [7, 11) is -2.13. The van der Waals surface area contributed by atoms with Crippen molar-refractivity contribution < 1.29 is 23.0 Å². The maximum Gasteiger partial charge on any atom is 0.279 e. The zero-order valence-electron chi connectivity index (χ0n) is 11.0. The van der Waals surface area contributed by atoms with Crippen molar-refractivity contribution in [3.05, 3.63) is 0 Å². The molecule has 1 saturated heterocycles. The Labute approximate surface area is 108 Å². The van der Waals surface area contributed by atoms with Gasteiger partial charge in [-0.25, -0.2) is 0 Å². The summed E-state index contributed by atoms with van der Waals surface area (Å²) in [4.78, 5) is 0. The molecule has 1 heterocycles. The average Bonchev–Trinajstić information content (AvgIpc) is 2.26. The quantitative estimate of drug-likeness (QED) is 0.648. The second-order valence-corrected chi connectivity index (χ2v) is 6.29. The van der Waals surface area contributed by atoms with Crippen LogP contribution in [0.25, 0.3) is 0 Å². The first-order chi connectivity index (χ1) is 8.35. The lowest BCUT2D eigenvalue weighted by Crippen LogP contribution is -2.53. The second kappa shape index (κ2) is 6.78. The predicted octanol–water partition coefficient (Wildman–Crippen LogP) is -1.06. The van der Waals surface area contributed by atoms with Gasteiger partial charge in [0.05, 0.1) is 24.9 Å². The topological polar surface area (TPSA) is 88.1 Å². The van der Waals surface area contributed by atoms with Crippen molar-refractivity contribution in [3.63, 3.8) is 0 Å². The van der Waals surface area contributed by atoms with Crippen molar-refractivity contribution in [2.24, 2.45) is 0 Å². The van der Waals surface area contributed by atoms with E-state index in [1.54, 1.807) is 0 Å². The Balaban J connectivity index is 2.52. The minimum absolute atomic E-state index is 0.0592. The van der Waals surface area contributed by atoms with Gasteiger partial charge >= 0.3 is 0 Å². The Kier molecular flexibility index (Phi) is 5.96. The molecule has 0 saturated carbocycles. The molecule has 3 atom stereocenters. The van der Waals surface area contributed by atoms with E-state index in [0.29, 0.717) is 13.1 Å². The fourth-order valence-electron chi connectivity index (χ4n) is 1.87. The van der Waals surface area contributed by atoms with E-state index in [4.69, 9.17) is 9.47 Å². The van der Waals surface area contributed by atoms with E-state index < -0.39 is 16.3 Å². The standard InChI is InChI=1S/C10H22N2O5S/c1-8-5-12(6-9(2)17-8)18(14,15)11-4-10(13)7-16-3/h8-11,13H,4-7H2,1-3H3. The molecule has 0 bridgehead atoms. The molecule has 0 aliphatic carbocycles. The maximum atomic E-state index is 12.0. The summed E-state index contributed by atoms with van der Waals surface area (Å²) in [6, 6.07) is 0. The van der Waals surface area contributed by atoms with Crippen molar-refractivity contribution in [3.8, 4) is 0 Å². The molecule has 0 amide bonds. The van der Waals surface area contributed by atoms with Gasteiger partial charge < -0.3 is 14.6 Å². The summed E-state index contributed by atoms with van der Waals surface area (Å²) >= 11 is 0. The van der Waals surface area contributed by atoms with Crippen LogP contribution < -0.4 is 4.72 Å². The smallest absolute Gasteiger partial charge is 0.279 e. The summed E-state index contributed by atoms with van der Waals surface area (Å²) < 4.78 is 37.9. The van der Waals surface area contributed by atoms with Gasteiger partial charge in [-0.3, -0.25) is 0 Å². The number of morpholine rings is 1. The first-order valence-electron chi connectivity index (χ1n) is 5.92. The van der Waals surface area contributed by atoms with Crippen molar-refractivity contribution in [1.29, 1.82) is 0 Å². The van der Waals surface area contributed by atoms with Crippen LogP contribution in [0.5, 0.6) is 0 Å². The van der Waals surface area contributed by atoms with Gasteiger partial charge in [0.1, 0.15) is 0 Å². The molecule has 0 spiro atoms. The molecule has 7 nitrogen and oxygen atoms in total. The molecule has 3 unspecified atom stereocenters. The van der Waals surface area contributed by atoms with E-state index in [9.17, 15) is 13.5 Å². The van der Waals surface area contributed by atoms with Gasteiger partial charge in [0.25, 0.3) is 10.2 Å². The fraction of sp³-hybridized carbons (Fsp3) is 1.00. The van der Waals surface area contributed by atoms with Crippen molar-refractivity contribution >= 4 is 10.2 Å². The van der Waals surface area contributed by atoms with Crippen LogP contribution in [-0.4, -0.2) is 69.5 Å². The Morgan fingerprint density at radius 1 is 1.44 bits per heavy atom. The van der Waals surface area contributed by atoms with Gasteiger partial charge in [-0.2, -0.15) is 17.4 Å². The molecular weight excluding hydrogens is 260 g/mol. The number of aliphatic hydroxyl groups is 1. The number of nitrogens with one attached hydrogen (secondary N) is 1. The van der Waals surface area contributed by atoms with Gasteiger partial charge in [0.15, 0.2) is 0 Å². The molecule has 0 aromatic carbocycles. The summed E-state index contributed by atoms with van der Waals surface area (Å²) in [6.45, 7) is 4.34. The summed E-state index contributed by atoms with van der Waals surface area (Å²) in [5.41, 5.74) is 0. The third-order valence-electron chi connectivity index (χ3n) is 2.59. The Morgan fingerprint density at radius 2 is 2.00 bits per heavy atom. The number of nitrogens with zero attached hydrogens (tertiary/aromatic N) is 1. The monoisotopic (exact) mass is 282 g/mol. The van der Waals surface area contributed by atoms with Crippen LogP contribution in [0, 0.1) is 0 Å². The molecule has 1 rings (SSSR count). The number of hydrogen-bond acceptors (Lipinski definition) is 5. The third-order valence-corrected chi connectivity index (χ3v) is 4.10. The van der Waals surface area contributed by atoms with E-state index >= 15 is 0 Å². The first kappa shape index (κ1) is 15.8. The zero-order valence-corrected chi connectivity index (χ0v) is 11.8. The highest BCUT2D eigenvalue weighted by molar-refractivity contribution is 7.87. The molecule has 108 valence electrons. The van der Waals surface area contributed by atoms with Crippen LogP contribution in [0.4, 0.5) is 0 Å². The van der Waals surface area contributed by atoms with Gasteiger partial charge in [-0.1, -0.05) is 0 Å². The zero-order chi connectivity index (χ0) is 13.8. The minimum atomic E-state index is -3.57. The molecule has 1 aliphatic rings. The van der Waals surface area contributed by atoms with E-state index in [1.807, 2.05) is 13.8 Å². The van der Waals surface area contributed by atoms with Crippen LogP contribution in [0.3, 0.4) is 0 Å². The lowest BCUT2D eigenvalue weighted by atomic mass is 10.3. The van der Waals surface area contributed by atoms with Crippen LogP contribution in [-0.2, 0) is 19.7 Å². The lowest BCUT2D eigenvalue weighted by Gasteiger charge is -2.34. The molecule has 2 N–H and O–H groups in total. The molecule has 1 aliphatic heterocycles. The minimum Gasteiger partial charge on any atom is -0.389 e. The second-order valence-electron chi connectivity index (χ2n) is 4.54. The number of rotatable bonds is 6. The molecule has 8 heteroatoms. The van der Waals surface area contributed by atoms with E-state index in [1.165, 1.54) is 11.4 Å². The van der Waals surface area contributed by atoms with Crippen molar-refractivity contribution in [2.45, 2.75) is 32.2 Å². The number of aliphatic hydroxyl groups excluding tert-OH is 1. The number of ether oxygens (including phenoxy) is 2. The SMILES string of the molecule is COCC(O)CNS(=O)(=O)N1CC(C)OC(C)C1. The van der Waals surface area contributed by atoms with Gasteiger partial charge in [0, 0.05) is 26.7 Å². The molecule has 0 aromatic rings. The average molecular weight is 282 g/mol. The molecular formula is C10H22N2O5S. The van der Waals surface area contributed by atoms with Gasteiger partial charge in [-0.05, 0) is 13.8 Å². The normalized spacial score (nSPS) is 28.2. The number of methoxy groups -OCH3 is 1. The predicted molar refractivity (Wildman–Crippen MR) is 66.4 cm³/mol. The highest BCUT2D eigenvalue weighted by atomic mass is 32.2. The molecule has 0 radical (unpaired) electrons. The fourth-order valence-corrected chi connectivity index (χ4v) is 3.27. The van der Waals surface area contributed by atoms with E-state index in [0.717, 1.165) is 0 Å². The van der Waals surface area contributed by atoms with Crippen molar-refractivity contribution in [1.82, 2.24) is 9.03 Å². The highest BCUT2D eigenvalue weighted by Crippen LogP contribution is 2.13. The van der Waals surface area contributed by atoms with Crippen LogP contribution in [0.15, 0.2) is 0 Å². The van der Waals surface area contributed by atoms with Crippen LogP contribution in [0.1, 0.15) is 13.8 Å². The molecule has 1 fully saturated rings. The largest absolute Gasteiger partial charge is 0.389 e. The molecule has 0 aromatic heterocycles. The van der Waals surface area contributed by atoms with Crippen LogP contribution in [0.2, 0.25) is 0 Å². The lowest BCUT2D eigenvalue weighted by molar-refractivity contribution is -0.0444. The summed E-state index contributed by atoms with van der Waals surface area (Å²) in [5, 5.41) is 9.42. The third kappa shape index (κ3) is 4.79. The van der Waals surface area contributed by atoms with Crippen LogP contribution >= 0.6 is 0 Å². The van der Waals surface area contributed by atoms with Gasteiger partial charge in [-0.15, -0.1) is 0 Å². The Bertz CT molecular complexity index is 338. The molecule has 18 heavy (non-hydrogen) atoms. The first-order valence-corrected chi connectivity index (χ1v) is 7.36. The summed E-state index contributed by atoms with van der Waals surface area (Å²) in [6.07, 6.45) is -1.11.